The summed E-state index contributed by atoms with van der Waals surface area (Å²) in [5.41, 5.74) is 0.266. The molecule has 114 valence electrons. The van der Waals surface area contributed by atoms with Gasteiger partial charge in [-0.25, -0.2) is 17.4 Å². The van der Waals surface area contributed by atoms with E-state index in [2.05, 4.69) is 9.72 Å². The quantitative estimate of drug-likeness (QED) is 0.740. The molecule has 8 heteroatoms. The molecule has 2 heterocycles. The fraction of sp³-hybridized carbons (Fsp3) is 0.0714. The molecule has 0 aliphatic rings. The Morgan fingerprint density at radius 1 is 1.14 bits per heavy atom. The normalized spacial score (nSPS) is 12.0. The Morgan fingerprint density at radius 3 is 2.73 bits per heavy atom. The number of aromatic nitrogens is 2. The summed E-state index contributed by atoms with van der Waals surface area (Å²) in [4.78, 5) is 3.88. The molecular formula is C14H10F2N2O3S. The van der Waals surface area contributed by atoms with Gasteiger partial charge in [0.25, 0.3) is 10.0 Å². The van der Waals surface area contributed by atoms with Crippen molar-refractivity contribution in [3.8, 4) is 5.75 Å². The molecule has 0 unspecified atom stereocenters. The van der Waals surface area contributed by atoms with Crippen LogP contribution in [0.1, 0.15) is 0 Å². The number of nitrogens with zero attached hydrogens (tertiary/aromatic N) is 2. The zero-order valence-corrected chi connectivity index (χ0v) is 11.9. The summed E-state index contributed by atoms with van der Waals surface area (Å²) in [6.07, 6.45) is 2.85. The van der Waals surface area contributed by atoms with E-state index in [1.165, 1.54) is 30.6 Å². The maximum absolute atomic E-state index is 12.6. The molecule has 0 N–H and O–H groups in total. The smallest absolute Gasteiger partial charge is 0.387 e. The summed E-state index contributed by atoms with van der Waals surface area (Å²) in [5.74, 6) is -0.222. The number of halogens is 2. The molecule has 0 bridgehead atoms. The molecule has 0 saturated carbocycles. The Morgan fingerprint density at radius 2 is 1.95 bits per heavy atom. The summed E-state index contributed by atoms with van der Waals surface area (Å²) < 4.78 is 55.0. The van der Waals surface area contributed by atoms with E-state index >= 15 is 0 Å². The highest BCUT2D eigenvalue weighted by Crippen LogP contribution is 2.24. The fourth-order valence-electron chi connectivity index (χ4n) is 2.06. The van der Waals surface area contributed by atoms with Crippen LogP contribution in [0.2, 0.25) is 0 Å². The van der Waals surface area contributed by atoms with E-state index in [0.717, 1.165) is 10.0 Å². The van der Waals surface area contributed by atoms with Gasteiger partial charge in [-0.2, -0.15) is 8.78 Å². The Kier molecular flexibility index (Phi) is 3.53. The third-order valence-electron chi connectivity index (χ3n) is 3.00. The zero-order valence-electron chi connectivity index (χ0n) is 11.1. The molecule has 5 nitrogen and oxygen atoms in total. The Labute approximate surface area is 124 Å². The van der Waals surface area contributed by atoms with E-state index in [1.807, 2.05) is 0 Å². The van der Waals surface area contributed by atoms with E-state index in [-0.39, 0.29) is 16.3 Å². The van der Waals surface area contributed by atoms with Crippen LogP contribution in [0, 0.1) is 0 Å². The molecule has 0 spiro atoms. The Hall–Kier alpha value is -2.48. The van der Waals surface area contributed by atoms with Crippen LogP contribution in [0.15, 0.2) is 59.8 Å². The van der Waals surface area contributed by atoms with Crippen LogP contribution in [0.5, 0.6) is 5.75 Å². The molecule has 0 amide bonds. The second-order valence-corrected chi connectivity index (χ2v) is 6.20. The van der Waals surface area contributed by atoms with Crippen molar-refractivity contribution in [3.63, 3.8) is 0 Å². The average molecular weight is 324 g/mol. The molecule has 0 fully saturated rings. The topological polar surface area (TPSA) is 61.2 Å². The fourth-order valence-corrected chi connectivity index (χ4v) is 3.40. The van der Waals surface area contributed by atoms with Crippen molar-refractivity contribution in [2.24, 2.45) is 0 Å². The minimum absolute atomic E-state index is 0.159. The number of rotatable bonds is 4. The van der Waals surface area contributed by atoms with Crippen LogP contribution >= 0.6 is 0 Å². The molecule has 0 aliphatic carbocycles. The first-order valence-electron chi connectivity index (χ1n) is 6.21. The van der Waals surface area contributed by atoms with Gasteiger partial charge in [0.15, 0.2) is 5.65 Å². The lowest BCUT2D eigenvalue weighted by molar-refractivity contribution is -0.0499. The monoisotopic (exact) mass is 324 g/mol. The van der Waals surface area contributed by atoms with Gasteiger partial charge in [0.2, 0.25) is 0 Å². The summed E-state index contributed by atoms with van der Waals surface area (Å²) in [6.45, 7) is -3.02. The van der Waals surface area contributed by atoms with E-state index < -0.39 is 16.6 Å². The van der Waals surface area contributed by atoms with Crippen LogP contribution in [-0.4, -0.2) is 24.0 Å². The zero-order chi connectivity index (χ0) is 15.7. The van der Waals surface area contributed by atoms with Crippen molar-refractivity contribution in [1.29, 1.82) is 0 Å². The number of pyridine rings is 1. The van der Waals surface area contributed by atoms with Gasteiger partial charge >= 0.3 is 6.61 Å². The van der Waals surface area contributed by atoms with Crippen molar-refractivity contribution in [2.75, 3.05) is 0 Å². The Bertz CT molecular complexity index is 922. The lowest BCUT2D eigenvalue weighted by Gasteiger charge is -2.09. The predicted octanol–water partition coefficient (Wildman–Crippen LogP) is 2.87. The van der Waals surface area contributed by atoms with Crippen molar-refractivity contribution in [3.05, 3.63) is 54.9 Å². The van der Waals surface area contributed by atoms with Crippen LogP contribution in [-0.2, 0) is 10.0 Å². The van der Waals surface area contributed by atoms with Gasteiger partial charge in [-0.15, -0.1) is 0 Å². The molecule has 0 radical (unpaired) electrons. The number of fused-ring (bicyclic) bond motifs is 1. The largest absolute Gasteiger partial charge is 0.435 e. The summed E-state index contributed by atoms with van der Waals surface area (Å²) >= 11 is 0. The number of hydrogen-bond donors (Lipinski definition) is 0. The molecule has 0 atom stereocenters. The van der Waals surface area contributed by atoms with Gasteiger partial charge in [0.1, 0.15) is 5.75 Å². The van der Waals surface area contributed by atoms with Crippen LogP contribution in [0.4, 0.5) is 8.78 Å². The van der Waals surface area contributed by atoms with Gasteiger partial charge in [0, 0.05) is 23.8 Å². The van der Waals surface area contributed by atoms with Crippen LogP contribution in [0.25, 0.3) is 11.0 Å². The first-order valence-corrected chi connectivity index (χ1v) is 7.65. The molecule has 3 aromatic rings. The molecule has 3 rings (SSSR count). The van der Waals surface area contributed by atoms with E-state index in [9.17, 15) is 17.2 Å². The first kappa shape index (κ1) is 14.5. The van der Waals surface area contributed by atoms with E-state index in [0.29, 0.717) is 5.39 Å². The molecule has 2 aromatic heterocycles. The number of alkyl halides is 2. The standard InChI is InChI=1S/C14H10F2N2O3S/c15-14(16)21-11-4-1-5-12(9-11)22(19,20)18-8-6-10-3-2-7-17-13(10)18/h1-9,14H. The lowest BCUT2D eigenvalue weighted by atomic mass is 10.3. The highest BCUT2D eigenvalue weighted by molar-refractivity contribution is 7.90. The van der Waals surface area contributed by atoms with Gasteiger partial charge in [-0.3, -0.25) is 0 Å². The second-order valence-electron chi connectivity index (χ2n) is 4.39. The molecule has 22 heavy (non-hydrogen) atoms. The molecule has 1 aromatic carbocycles. The number of ether oxygens (including phenoxy) is 1. The van der Waals surface area contributed by atoms with Gasteiger partial charge in [-0.1, -0.05) is 6.07 Å². The van der Waals surface area contributed by atoms with Crippen molar-refractivity contribution in [1.82, 2.24) is 8.96 Å². The van der Waals surface area contributed by atoms with Gasteiger partial charge in [0.05, 0.1) is 4.90 Å². The third kappa shape index (κ3) is 2.52. The highest BCUT2D eigenvalue weighted by atomic mass is 32.2. The lowest BCUT2D eigenvalue weighted by Crippen LogP contribution is -2.13. The highest BCUT2D eigenvalue weighted by Gasteiger charge is 2.20. The third-order valence-corrected chi connectivity index (χ3v) is 4.66. The molecule has 0 saturated heterocycles. The molecular weight excluding hydrogens is 314 g/mol. The van der Waals surface area contributed by atoms with E-state index in [4.69, 9.17) is 0 Å². The number of hydrogen-bond acceptors (Lipinski definition) is 4. The minimum Gasteiger partial charge on any atom is -0.435 e. The summed E-state index contributed by atoms with van der Waals surface area (Å²) in [5, 5.41) is 0.658. The number of benzene rings is 1. The summed E-state index contributed by atoms with van der Waals surface area (Å²) in [6, 6.07) is 9.99. The van der Waals surface area contributed by atoms with Crippen molar-refractivity contribution < 1.29 is 21.9 Å². The van der Waals surface area contributed by atoms with Gasteiger partial charge in [-0.05, 0) is 30.3 Å². The van der Waals surface area contributed by atoms with Gasteiger partial charge < -0.3 is 4.74 Å². The molecule has 0 aliphatic heterocycles. The first-order chi connectivity index (χ1) is 10.5. The predicted molar refractivity (Wildman–Crippen MR) is 75.4 cm³/mol. The minimum atomic E-state index is -3.95. The van der Waals surface area contributed by atoms with Crippen LogP contribution < -0.4 is 4.74 Å². The van der Waals surface area contributed by atoms with Crippen molar-refractivity contribution in [2.45, 2.75) is 11.5 Å². The second kappa shape index (κ2) is 5.38. The van der Waals surface area contributed by atoms with Crippen molar-refractivity contribution >= 4 is 21.1 Å². The maximum Gasteiger partial charge on any atom is 0.387 e. The maximum atomic E-state index is 12.6. The Balaban J connectivity index is 2.10. The SMILES string of the molecule is O=S(=O)(c1cccc(OC(F)F)c1)n1ccc2cccnc21. The summed E-state index contributed by atoms with van der Waals surface area (Å²) in [7, 11) is -3.95. The average Bonchev–Trinajstić information content (AvgIpc) is 2.91. The van der Waals surface area contributed by atoms with Crippen LogP contribution in [0.3, 0.4) is 0 Å². The van der Waals surface area contributed by atoms with E-state index in [1.54, 1.807) is 18.2 Å².